The second-order valence-corrected chi connectivity index (χ2v) is 7.95. The van der Waals surface area contributed by atoms with Gasteiger partial charge in [0.1, 0.15) is 6.17 Å². The SMILES string of the molecule is Cc1nc(C2CCC(=O)NC2=O)ccc1N1CC[C@@H](N2CCNCC2)[C@@H](F)C1. The van der Waals surface area contributed by atoms with Gasteiger partial charge in [0.2, 0.25) is 11.8 Å². The molecule has 2 N–H and O–H groups in total. The van der Waals surface area contributed by atoms with E-state index in [1.54, 1.807) is 0 Å². The number of piperazine rings is 1. The lowest BCUT2D eigenvalue weighted by Gasteiger charge is -2.43. The van der Waals surface area contributed by atoms with Crippen molar-refractivity contribution in [2.75, 3.05) is 44.2 Å². The number of carbonyl (C=O) groups excluding carboxylic acids is 2. The summed E-state index contributed by atoms with van der Waals surface area (Å²) in [4.78, 5) is 32.4. The van der Waals surface area contributed by atoms with E-state index >= 15 is 0 Å². The van der Waals surface area contributed by atoms with Gasteiger partial charge in [-0.05, 0) is 31.9 Å². The number of piperidine rings is 2. The smallest absolute Gasteiger partial charge is 0.235 e. The summed E-state index contributed by atoms with van der Waals surface area (Å²) in [6.45, 7) is 6.75. The van der Waals surface area contributed by atoms with Crippen molar-refractivity contribution in [2.45, 2.75) is 44.3 Å². The number of alkyl halides is 1. The molecule has 0 saturated carbocycles. The number of hydrogen-bond donors (Lipinski definition) is 2. The maximum Gasteiger partial charge on any atom is 0.235 e. The third kappa shape index (κ3) is 3.89. The molecule has 3 saturated heterocycles. The highest BCUT2D eigenvalue weighted by molar-refractivity contribution is 6.00. The van der Waals surface area contributed by atoms with Crippen LogP contribution in [0, 0.1) is 6.92 Å². The van der Waals surface area contributed by atoms with Gasteiger partial charge in [-0.15, -0.1) is 0 Å². The first-order valence-electron chi connectivity index (χ1n) is 10.2. The number of halogens is 1. The number of carbonyl (C=O) groups is 2. The minimum absolute atomic E-state index is 0.00522. The summed E-state index contributed by atoms with van der Waals surface area (Å²) in [5, 5.41) is 5.70. The molecule has 2 amide bonds. The van der Waals surface area contributed by atoms with Gasteiger partial charge in [-0.2, -0.15) is 0 Å². The molecule has 0 aromatic carbocycles. The first kappa shape index (κ1) is 19.3. The molecule has 1 aromatic rings. The van der Waals surface area contributed by atoms with Gasteiger partial charge in [-0.3, -0.25) is 24.8 Å². The van der Waals surface area contributed by atoms with E-state index in [-0.39, 0.29) is 17.9 Å². The topological polar surface area (TPSA) is 77.6 Å². The van der Waals surface area contributed by atoms with E-state index in [1.807, 2.05) is 19.1 Å². The van der Waals surface area contributed by atoms with Crippen LogP contribution in [0.2, 0.25) is 0 Å². The standard InChI is InChI=1S/C20H28FN5O2/c1-13-17(4-3-16(23-13)14-2-5-19(27)24-20(14)28)26-9-6-18(15(21)12-26)25-10-7-22-8-11-25/h3-4,14-15,18,22H,2,5-12H2,1H3,(H,24,27,28)/t14?,15-,18+/m0/s1. The van der Waals surface area contributed by atoms with Crippen molar-refractivity contribution in [3.8, 4) is 0 Å². The average Bonchev–Trinajstić information content (AvgIpc) is 2.68. The zero-order valence-electron chi connectivity index (χ0n) is 16.3. The molecule has 0 aliphatic carbocycles. The Labute approximate surface area is 164 Å². The maximum atomic E-state index is 14.9. The maximum absolute atomic E-state index is 14.9. The Morgan fingerprint density at radius 1 is 1.14 bits per heavy atom. The highest BCUT2D eigenvalue weighted by atomic mass is 19.1. The molecule has 3 aliphatic rings. The summed E-state index contributed by atoms with van der Waals surface area (Å²) in [6, 6.07) is 3.78. The minimum atomic E-state index is -0.888. The number of rotatable bonds is 3. The van der Waals surface area contributed by atoms with Crippen LogP contribution in [-0.2, 0) is 9.59 Å². The number of amides is 2. The van der Waals surface area contributed by atoms with E-state index in [0.29, 0.717) is 25.1 Å². The molecule has 7 nitrogen and oxygen atoms in total. The van der Waals surface area contributed by atoms with E-state index in [2.05, 4.69) is 25.4 Å². The predicted octanol–water partition coefficient (Wildman–Crippen LogP) is 0.732. The van der Waals surface area contributed by atoms with E-state index < -0.39 is 12.1 Å². The number of aromatic nitrogens is 1. The van der Waals surface area contributed by atoms with Gasteiger partial charge in [0.25, 0.3) is 0 Å². The van der Waals surface area contributed by atoms with Gasteiger partial charge in [0.05, 0.1) is 29.5 Å². The molecule has 3 fully saturated rings. The van der Waals surface area contributed by atoms with Crippen LogP contribution in [-0.4, -0.2) is 73.2 Å². The lowest BCUT2D eigenvalue weighted by Crippen LogP contribution is -2.57. The van der Waals surface area contributed by atoms with Crippen LogP contribution in [0.15, 0.2) is 12.1 Å². The van der Waals surface area contributed by atoms with E-state index in [9.17, 15) is 14.0 Å². The summed E-state index contributed by atoms with van der Waals surface area (Å²) in [5.74, 6) is -0.898. The fourth-order valence-electron chi connectivity index (χ4n) is 4.61. The molecule has 8 heteroatoms. The Hall–Kier alpha value is -2.06. The van der Waals surface area contributed by atoms with E-state index in [1.165, 1.54) is 0 Å². The third-order valence-corrected chi connectivity index (χ3v) is 6.14. The molecule has 4 heterocycles. The Morgan fingerprint density at radius 2 is 1.93 bits per heavy atom. The molecular weight excluding hydrogens is 361 g/mol. The Morgan fingerprint density at radius 3 is 2.61 bits per heavy atom. The fourth-order valence-corrected chi connectivity index (χ4v) is 4.61. The largest absolute Gasteiger partial charge is 0.367 e. The monoisotopic (exact) mass is 389 g/mol. The summed E-state index contributed by atoms with van der Waals surface area (Å²) in [7, 11) is 0. The normalized spacial score (nSPS) is 29.6. The second-order valence-electron chi connectivity index (χ2n) is 7.95. The molecule has 1 unspecified atom stereocenters. The van der Waals surface area contributed by atoms with Gasteiger partial charge in [0, 0.05) is 45.2 Å². The highest BCUT2D eigenvalue weighted by Crippen LogP contribution is 2.30. The van der Waals surface area contributed by atoms with Crippen molar-refractivity contribution in [3.63, 3.8) is 0 Å². The molecule has 3 aliphatic heterocycles. The van der Waals surface area contributed by atoms with Crippen molar-refractivity contribution >= 4 is 17.5 Å². The molecule has 3 atom stereocenters. The van der Waals surface area contributed by atoms with Crippen molar-refractivity contribution in [3.05, 3.63) is 23.5 Å². The first-order chi connectivity index (χ1) is 13.5. The van der Waals surface area contributed by atoms with Gasteiger partial charge >= 0.3 is 0 Å². The van der Waals surface area contributed by atoms with E-state index in [4.69, 9.17) is 0 Å². The molecule has 1 aromatic heterocycles. The molecule has 0 bridgehead atoms. The van der Waals surface area contributed by atoms with Gasteiger partial charge in [-0.1, -0.05) is 0 Å². The number of hydrogen-bond acceptors (Lipinski definition) is 6. The van der Waals surface area contributed by atoms with Crippen molar-refractivity contribution in [2.24, 2.45) is 0 Å². The zero-order chi connectivity index (χ0) is 19.7. The Balaban J connectivity index is 1.43. The molecule has 152 valence electrons. The van der Waals surface area contributed by atoms with Crippen molar-refractivity contribution < 1.29 is 14.0 Å². The summed E-state index contributed by atoms with van der Waals surface area (Å²) < 4.78 is 14.9. The van der Waals surface area contributed by atoms with Crippen LogP contribution in [0.3, 0.4) is 0 Å². The average molecular weight is 389 g/mol. The lowest BCUT2D eigenvalue weighted by atomic mass is 9.94. The predicted molar refractivity (Wildman–Crippen MR) is 104 cm³/mol. The Bertz CT molecular complexity index is 752. The van der Waals surface area contributed by atoms with Crippen molar-refractivity contribution in [1.29, 1.82) is 0 Å². The van der Waals surface area contributed by atoms with Crippen LogP contribution >= 0.6 is 0 Å². The Kier molecular flexibility index (Phi) is 5.59. The molecule has 4 rings (SSSR count). The number of imide groups is 1. The van der Waals surface area contributed by atoms with E-state index in [0.717, 1.165) is 50.5 Å². The summed E-state index contributed by atoms with van der Waals surface area (Å²) >= 11 is 0. The van der Waals surface area contributed by atoms with Gasteiger partial charge < -0.3 is 10.2 Å². The van der Waals surface area contributed by atoms with Crippen LogP contribution < -0.4 is 15.5 Å². The van der Waals surface area contributed by atoms with Crippen molar-refractivity contribution in [1.82, 2.24) is 20.5 Å². The van der Waals surface area contributed by atoms with Gasteiger partial charge in [-0.25, -0.2) is 4.39 Å². The summed E-state index contributed by atoms with van der Waals surface area (Å²) in [5.41, 5.74) is 2.41. The number of nitrogens with zero attached hydrogens (tertiary/aromatic N) is 3. The molecule has 28 heavy (non-hydrogen) atoms. The minimum Gasteiger partial charge on any atom is -0.367 e. The zero-order valence-corrected chi connectivity index (χ0v) is 16.3. The van der Waals surface area contributed by atoms with Crippen LogP contribution in [0.25, 0.3) is 0 Å². The highest BCUT2D eigenvalue weighted by Gasteiger charge is 2.35. The van der Waals surface area contributed by atoms with Crippen LogP contribution in [0.1, 0.15) is 36.6 Å². The molecular formula is C20H28FN5O2. The summed E-state index contributed by atoms with van der Waals surface area (Å²) in [6.07, 6.45) is 0.734. The molecule has 0 spiro atoms. The third-order valence-electron chi connectivity index (χ3n) is 6.14. The second kappa shape index (κ2) is 8.13. The number of aryl methyl sites for hydroxylation is 1. The van der Waals surface area contributed by atoms with Crippen LogP contribution in [0.5, 0.6) is 0 Å². The van der Waals surface area contributed by atoms with Crippen LogP contribution in [0.4, 0.5) is 10.1 Å². The number of pyridine rings is 1. The lowest BCUT2D eigenvalue weighted by molar-refractivity contribution is -0.134. The van der Waals surface area contributed by atoms with Gasteiger partial charge in [0.15, 0.2) is 0 Å². The number of anilines is 1. The first-order valence-corrected chi connectivity index (χ1v) is 10.2. The fraction of sp³-hybridized carbons (Fsp3) is 0.650. The molecule has 0 radical (unpaired) electrons. The quantitative estimate of drug-likeness (QED) is 0.743. The number of nitrogens with one attached hydrogen (secondary N) is 2.